The van der Waals surface area contributed by atoms with Gasteiger partial charge in [0.15, 0.2) is 12.3 Å². The second kappa shape index (κ2) is 7.01. The van der Waals surface area contributed by atoms with Crippen molar-refractivity contribution in [3.8, 4) is 0 Å². The van der Waals surface area contributed by atoms with Gasteiger partial charge in [0, 0.05) is 18.6 Å². The Morgan fingerprint density at radius 3 is 2.58 bits per heavy atom. The molecule has 2 aromatic heterocycles. The van der Waals surface area contributed by atoms with Gasteiger partial charge in [0.1, 0.15) is 5.69 Å². The van der Waals surface area contributed by atoms with Gasteiger partial charge in [-0.15, -0.1) is 0 Å². The van der Waals surface area contributed by atoms with E-state index in [2.05, 4.69) is 15.5 Å². The van der Waals surface area contributed by atoms with Gasteiger partial charge in [0.2, 0.25) is 0 Å². The fraction of sp³-hybridized carbons (Fsp3) is 0.118. The SMILES string of the molecule is Cn1cccc1C(=O)NC(=O)COC(=O)c1n[nH]c(=O)c2ccccc12. The molecule has 9 heteroatoms. The summed E-state index contributed by atoms with van der Waals surface area (Å²) in [5.74, 6) is -2.27. The number of aryl methyl sites for hydroxylation is 1. The number of aromatic amines is 1. The first-order chi connectivity index (χ1) is 12.5. The predicted molar refractivity (Wildman–Crippen MR) is 90.5 cm³/mol. The normalized spacial score (nSPS) is 10.5. The Balaban J connectivity index is 1.67. The minimum atomic E-state index is -0.890. The molecule has 3 rings (SSSR count). The van der Waals surface area contributed by atoms with E-state index in [4.69, 9.17) is 4.74 Å². The fourth-order valence-electron chi connectivity index (χ4n) is 2.39. The highest BCUT2D eigenvalue weighted by molar-refractivity contribution is 6.06. The first kappa shape index (κ1) is 17.1. The highest BCUT2D eigenvalue weighted by Gasteiger charge is 2.18. The molecule has 1 aromatic carbocycles. The van der Waals surface area contributed by atoms with Crippen LogP contribution in [0, 0.1) is 0 Å². The summed E-state index contributed by atoms with van der Waals surface area (Å²) in [5.41, 5.74) is -0.275. The van der Waals surface area contributed by atoms with Crippen LogP contribution in [0.3, 0.4) is 0 Å². The molecule has 2 amide bonds. The van der Waals surface area contributed by atoms with Gasteiger partial charge in [-0.1, -0.05) is 18.2 Å². The molecule has 0 radical (unpaired) electrons. The lowest BCUT2D eigenvalue weighted by atomic mass is 10.1. The summed E-state index contributed by atoms with van der Waals surface area (Å²) in [6.45, 7) is -0.663. The molecule has 9 nitrogen and oxygen atoms in total. The largest absolute Gasteiger partial charge is 0.451 e. The zero-order chi connectivity index (χ0) is 18.7. The maximum atomic E-state index is 12.2. The maximum Gasteiger partial charge on any atom is 0.359 e. The number of carbonyl (C=O) groups is 3. The topological polar surface area (TPSA) is 123 Å². The zero-order valence-corrected chi connectivity index (χ0v) is 13.7. The Labute approximate surface area is 146 Å². The Kier molecular flexibility index (Phi) is 4.61. The fourth-order valence-corrected chi connectivity index (χ4v) is 2.39. The van der Waals surface area contributed by atoms with Gasteiger partial charge in [-0.3, -0.25) is 19.7 Å². The Morgan fingerprint density at radius 1 is 1.15 bits per heavy atom. The molecule has 0 unspecified atom stereocenters. The van der Waals surface area contributed by atoms with Crippen molar-refractivity contribution in [2.24, 2.45) is 7.05 Å². The van der Waals surface area contributed by atoms with E-state index in [1.165, 1.54) is 6.07 Å². The number of nitrogens with one attached hydrogen (secondary N) is 2. The van der Waals surface area contributed by atoms with Crippen LogP contribution in [0.25, 0.3) is 10.8 Å². The molecule has 0 aliphatic heterocycles. The number of amides is 2. The molecule has 0 spiro atoms. The number of hydrogen-bond donors (Lipinski definition) is 2. The number of fused-ring (bicyclic) bond motifs is 1. The molecule has 0 saturated heterocycles. The van der Waals surface area contributed by atoms with Crippen molar-refractivity contribution in [1.29, 1.82) is 0 Å². The maximum absolute atomic E-state index is 12.2. The zero-order valence-electron chi connectivity index (χ0n) is 13.7. The Hall–Kier alpha value is -3.75. The van der Waals surface area contributed by atoms with Crippen molar-refractivity contribution in [2.75, 3.05) is 6.61 Å². The summed E-state index contributed by atoms with van der Waals surface area (Å²) in [4.78, 5) is 47.6. The van der Waals surface area contributed by atoms with Crippen LogP contribution in [0.2, 0.25) is 0 Å². The minimum Gasteiger partial charge on any atom is -0.451 e. The van der Waals surface area contributed by atoms with Crippen LogP contribution in [0.5, 0.6) is 0 Å². The molecule has 3 aromatic rings. The van der Waals surface area contributed by atoms with Crippen LogP contribution in [0.1, 0.15) is 21.0 Å². The summed E-state index contributed by atoms with van der Waals surface area (Å²) in [7, 11) is 1.66. The van der Waals surface area contributed by atoms with Gasteiger partial charge in [0.25, 0.3) is 17.4 Å². The highest BCUT2D eigenvalue weighted by Crippen LogP contribution is 2.13. The van der Waals surface area contributed by atoms with Crippen LogP contribution in [-0.4, -0.2) is 39.2 Å². The van der Waals surface area contributed by atoms with Crippen LogP contribution in [0.15, 0.2) is 47.4 Å². The third-order valence-corrected chi connectivity index (χ3v) is 3.65. The number of ether oxygens (including phenoxy) is 1. The van der Waals surface area contributed by atoms with Crippen LogP contribution in [-0.2, 0) is 16.6 Å². The number of carbonyl (C=O) groups excluding carboxylic acids is 3. The van der Waals surface area contributed by atoms with E-state index in [1.807, 2.05) is 0 Å². The van der Waals surface area contributed by atoms with E-state index < -0.39 is 29.9 Å². The molecule has 2 heterocycles. The van der Waals surface area contributed by atoms with Gasteiger partial charge >= 0.3 is 5.97 Å². The summed E-state index contributed by atoms with van der Waals surface area (Å²) in [6, 6.07) is 9.59. The van der Waals surface area contributed by atoms with E-state index in [0.29, 0.717) is 5.39 Å². The second-order valence-corrected chi connectivity index (χ2v) is 5.40. The number of H-pyrrole nitrogens is 1. The van der Waals surface area contributed by atoms with Gasteiger partial charge < -0.3 is 9.30 Å². The van der Waals surface area contributed by atoms with Gasteiger partial charge in [-0.05, 0) is 18.2 Å². The van der Waals surface area contributed by atoms with Crippen molar-refractivity contribution in [1.82, 2.24) is 20.1 Å². The summed E-state index contributed by atoms with van der Waals surface area (Å²) in [5, 5.41) is 8.59. The number of rotatable bonds is 4. The molecule has 2 N–H and O–H groups in total. The van der Waals surface area contributed by atoms with E-state index >= 15 is 0 Å². The third kappa shape index (κ3) is 3.36. The molecular formula is C17H14N4O5. The lowest BCUT2D eigenvalue weighted by Gasteiger charge is -2.07. The van der Waals surface area contributed by atoms with E-state index in [9.17, 15) is 19.2 Å². The standard InChI is InChI=1S/C17H14N4O5/c1-21-8-4-7-12(21)16(24)18-13(22)9-26-17(25)14-10-5-2-3-6-11(10)15(23)20-19-14/h2-8H,9H2,1H3,(H,20,23)(H,18,22,24). The first-order valence-corrected chi connectivity index (χ1v) is 7.57. The van der Waals surface area contributed by atoms with Gasteiger partial charge in [0.05, 0.1) is 5.39 Å². The van der Waals surface area contributed by atoms with Crippen molar-refractivity contribution in [3.63, 3.8) is 0 Å². The molecule has 132 valence electrons. The minimum absolute atomic E-state index is 0.123. The number of aromatic nitrogens is 3. The van der Waals surface area contributed by atoms with Gasteiger partial charge in [-0.2, -0.15) is 5.10 Å². The number of hydrogen-bond acceptors (Lipinski definition) is 6. The monoisotopic (exact) mass is 354 g/mol. The Bertz CT molecular complexity index is 1070. The third-order valence-electron chi connectivity index (χ3n) is 3.65. The van der Waals surface area contributed by atoms with Crippen LogP contribution >= 0.6 is 0 Å². The number of imide groups is 1. The summed E-state index contributed by atoms with van der Waals surface area (Å²) >= 11 is 0. The van der Waals surface area contributed by atoms with Crippen LogP contribution < -0.4 is 10.9 Å². The van der Waals surface area contributed by atoms with E-state index in [0.717, 1.165) is 0 Å². The molecule has 26 heavy (non-hydrogen) atoms. The molecular weight excluding hydrogens is 340 g/mol. The molecule has 0 aliphatic rings. The van der Waals surface area contributed by atoms with Crippen molar-refractivity contribution in [3.05, 3.63) is 64.3 Å². The lowest BCUT2D eigenvalue weighted by Crippen LogP contribution is -2.35. The van der Waals surface area contributed by atoms with Crippen molar-refractivity contribution in [2.45, 2.75) is 0 Å². The Morgan fingerprint density at radius 2 is 1.88 bits per heavy atom. The molecule has 0 fully saturated rings. The van der Waals surface area contributed by atoms with E-state index in [1.54, 1.807) is 48.1 Å². The first-order valence-electron chi connectivity index (χ1n) is 7.57. The number of nitrogens with zero attached hydrogens (tertiary/aromatic N) is 2. The highest BCUT2D eigenvalue weighted by atomic mass is 16.5. The number of benzene rings is 1. The predicted octanol–water partition coefficient (Wildman–Crippen LogP) is 0.375. The smallest absolute Gasteiger partial charge is 0.359 e. The average Bonchev–Trinajstić information content (AvgIpc) is 3.06. The second-order valence-electron chi connectivity index (χ2n) is 5.40. The van der Waals surface area contributed by atoms with E-state index in [-0.39, 0.29) is 16.8 Å². The number of esters is 1. The van der Waals surface area contributed by atoms with Crippen LogP contribution in [0.4, 0.5) is 0 Å². The molecule has 0 saturated carbocycles. The van der Waals surface area contributed by atoms with Gasteiger partial charge in [-0.25, -0.2) is 9.89 Å². The molecule has 0 aliphatic carbocycles. The summed E-state index contributed by atoms with van der Waals surface area (Å²) in [6.07, 6.45) is 1.66. The lowest BCUT2D eigenvalue weighted by molar-refractivity contribution is -0.123. The average molecular weight is 354 g/mol. The molecule has 0 bridgehead atoms. The molecule has 0 atom stereocenters. The van der Waals surface area contributed by atoms with Crippen molar-refractivity contribution >= 4 is 28.6 Å². The van der Waals surface area contributed by atoms with Crippen molar-refractivity contribution < 1.29 is 19.1 Å². The summed E-state index contributed by atoms with van der Waals surface area (Å²) < 4.78 is 6.44. The quantitative estimate of drug-likeness (QED) is 0.653.